The number of hydrogen-bond donors (Lipinski definition) is 0. The zero-order valence-electron chi connectivity index (χ0n) is 13.6. The number of carbonyl (C=O) groups excluding carboxylic acids is 1. The van der Waals surface area contributed by atoms with Crippen molar-refractivity contribution < 1.29 is 18.0 Å². The molecule has 1 spiro atoms. The maximum Gasteiger partial charge on any atom is 0.416 e. The third kappa shape index (κ3) is 2.64. The van der Waals surface area contributed by atoms with Crippen LogP contribution < -0.4 is 5.01 Å². The average molecular weight is 354 g/mol. The van der Waals surface area contributed by atoms with E-state index in [1.165, 1.54) is 29.5 Å². The number of hydrogen-bond acceptors (Lipinski definition) is 3. The lowest BCUT2D eigenvalue weighted by Gasteiger charge is -2.32. The van der Waals surface area contributed by atoms with Crippen molar-refractivity contribution in [1.29, 1.82) is 0 Å². The molecule has 0 fully saturated rings. The molecule has 3 nitrogen and oxygen atoms in total. The lowest BCUT2D eigenvalue weighted by Crippen LogP contribution is -2.45. The molecule has 0 N–H and O–H groups in total. The van der Waals surface area contributed by atoms with E-state index in [1.54, 1.807) is 6.92 Å². The van der Waals surface area contributed by atoms with E-state index in [9.17, 15) is 18.0 Å². The zero-order chi connectivity index (χ0) is 17.7. The number of thioether (sulfide) groups is 1. The molecule has 2 aliphatic rings. The summed E-state index contributed by atoms with van der Waals surface area (Å²) in [4.78, 5) is 13.0. The van der Waals surface area contributed by atoms with Gasteiger partial charge in [-0.2, -0.15) is 23.3 Å². The van der Waals surface area contributed by atoms with Crippen LogP contribution >= 0.6 is 11.8 Å². The standard InChI is InChI=1S/C17H17F3N2OS/c1-10-8-16(24-9-11(10)2)12(3)21-22(15(16)23)14-6-4-5-13(7-14)17(18,19)20/h4-7H,8-9H2,1-3H3. The summed E-state index contributed by atoms with van der Waals surface area (Å²) in [5.74, 6) is 0.456. The van der Waals surface area contributed by atoms with Gasteiger partial charge in [0.15, 0.2) is 0 Å². The number of allylic oxidation sites excluding steroid dienone is 1. The van der Waals surface area contributed by atoms with Crippen LogP contribution in [0.2, 0.25) is 0 Å². The number of hydrazone groups is 1. The largest absolute Gasteiger partial charge is 0.416 e. The molecule has 24 heavy (non-hydrogen) atoms. The Labute approximate surface area is 142 Å². The molecule has 1 aromatic carbocycles. The lowest BCUT2D eigenvalue weighted by molar-refractivity contribution is -0.137. The molecule has 0 radical (unpaired) electrons. The van der Waals surface area contributed by atoms with E-state index in [0.717, 1.165) is 28.5 Å². The molecule has 0 aromatic heterocycles. The van der Waals surface area contributed by atoms with Gasteiger partial charge in [-0.25, -0.2) is 0 Å². The Hall–Kier alpha value is -1.76. The summed E-state index contributed by atoms with van der Waals surface area (Å²) in [6.07, 6.45) is -3.90. The minimum Gasteiger partial charge on any atom is -0.270 e. The van der Waals surface area contributed by atoms with Crippen LogP contribution in [0.1, 0.15) is 32.8 Å². The third-order valence-electron chi connectivity index (χ3n) is 4.57. The van der Waals surface area contributed by atoms with Crippen LogP contribution in [0.15, 0.2) is 40.5 Å². The number of halogens is 3. The molecule has 7 heteroatoms. The van der Waals surface area contributed by atoms with Crippen molar-refractivity contribution in [3.05, 3.63) is 41.0 Å². The van der Waals surface area contributed by atoms with Crippen LogP contribution in [-0.2, 0) is 11.0 Å². The van der Waals surface area contributed by atoms with E-state index in [0.29, 0.717) is 12.1 Å². The van der Waals surface area contributed by atoms with Gasteiger partial charge >= 0.3 is 6.18 Å². The van der Waals surface area contributed by atoms with Crippen molar-refractivity contribution in [2.75, 3.05) is 10.8 Å². The van der Waals surface area contributed by atoms with Crippen LogP contribution in [-0.4, -0.2) is 22.1 Å². The zero-order valence-corrected chi connectivity index (χ0v) is 14.4. The predicted molar refractivity (Wildman–Crippen MR) is 90.2 cm³/mol. The second kappa shape index (κ2) is 5.65. The normalized spacial score (nSPS) is 24.8. The molecular weight excluding hydrogens is 337 g/mol. The molecule has 3 rings (SSSR count). The van der Waals surface area contributed by atoms with Gasteiger partial charge in [-0.15, -0.1) is 11.8 Å². The summed E-state index contributed by atoms with van der Waals surface area (Å²) in [6.45, 7) is 5.79. The van der Waals surface area contributed by atoms with Gasteiger partial charge in [0.05, 0.1) is 17.0 Å². The van der Waals surface area contributed by atoms with Crippen molar-refractivity contribution in [3.63, 3.8) is 0 Å². The fourth-order valence-corrected chi connectivity index (χ4v) is 4.38. The maximum absolute atomic E-state index is 13.0. The highest BCUT2D eigenvalue weighted by Crippen LogP contribution is 2.45. The molecule has 0 bridgehead atoms. The topological polar surface area (TPSA) is 32.7 Å². The van der Waals surface area contributed by atoms with Crippen molar-refractivity contribution in [1.82, 2.24) is 0 Å². The van der Waals surface area contributed by atoms with Crippen LogP contribution in [0.4, 0.5) is 18.9 Å². The van der Waals surface area contributed by atoms with Crippen molar-refractivity contribution >= 4 is 29.1 Å². The molecule has 0 saturated carbocycles. The van der Waals surface area contributed by atoms with Gasteiger partial charge in [0.2, 0.25) is 0 Å². The number of alkyl halides is 3. The van der Waals surface area contributed by atoms with Gasteiger partial charge in [-0.1, -0.05) is 17.2 Å². The second-order valence-electron chi connectivity index (χ2n) is 6.20. The summed E-state index contributed by atoms with van der Waals surface area (Å²) >= 11 is 1.51. The molecular formula is C17H17F3N2OS. The van der Waals surface area contributed by atoms with Crippen LogP contribution in [0.25, 0.3) is 0 Å². The Bertz CT molecular complexity index is 769. The molecule has 1 atom stereocenters. The Morgan fingerprint density at radius 1 is 1.21 bits per heavy atom. The Kier molecular flexibility index (Phi) is 4.02. The Morgan fingerprint density at radius 2 is 1.92 bits per heavy atom. The van der Waals surface area contributed by atoms with Gasteiger partial charge in [-0.3, -0.25) is 4.79 Å². The first-order valence-electron chi connectivity index (χ1n) is 7.52. The Morgan fingerprint density at radius 3 is 2.54 bits per heavy atom. The van der Waals surface area contributed by atoms with Crippen molar-refractivity contribution in [2.24, 2.45) is 5.10 Å². The maximum atomic E-state index is 13.0. The van der Waals surface area contributed by atoms with Gasteiger partial charge < -0.3 is 0 Å². The van der Waals surface area contributed by atoms with Crippen LogP contribution in [0.5, 0.6) is 0 Å². The van der Waals surface area contributed by atoms with Gasteiger partial charge in [-0.05, 0) is 45.4 Å². The van der Waals surface area contributed by atoms with E-state index in [-0.39, 0.29) is 11.6 Å². The molecule has 2 heterocycles. The van der Waals surface area contributed by atoms with E-state index >= 15 is 0 Å². The molecule has 2 aliphatic heterocycles. The van der Waals surface area contributed by atoms with Crippen LogP contribution in [0.3, 0.4) is 0 Å². The quantitative estimate of drug-likeness (QED) is 0.688. The lowest BCUT2D eigenvalue weighted by atomic mass is 9.92. The van der Waals surface area contributed by atoms with Gasteiger partial charge in [0, 0.05) is 5.75 Å². The average Bonchev–Trinajstić information content (AvgIpc) is 2.76. The van der Waals surface area contributed by atoms with Gasteiger partial charge in [0.25, 0.3) is 5.91 Å². The predicted octanol–water partition coefficient (Wildman–Crippen LogP) is 4.64. The van der Waals surface area contributed by atoms with E-state index in [1.807, 2.05) is 13.8 Å². The summed E-state index contributed by atoms with van der Waals surface area (Å²) in [5, 5.41) is 5.41. The van der Waals surface area contributed by atoms with E-state index < -0.39 is 16.5 Å². The van der Waals surface area contributed by atoms with Gasteiger partial charge in [0.1, 0.15) is 4.75 Å². The molecule has 1 aromatic rings. The summed E-state index contributed by atoms with van der Waals surface area (Å²) < 4.78 is 38.0. The molecule has 0 saturated heterocycles. The van der Waals surface area contributed by atoms with Crippen LogP contribution in [0, 0.1) is 0 Å². The monoisotopic (exact) mass is 354 g/mol. The third-order valence-corrected chi connectivity index (χ3v) is 6.25. The first kappa shape index (κ1) is 17.1. The summed E-state index contributed by atoms with van der Waals surface area (Å²) in [5.41, 5.74) is 2.38. The number of benzene rings is 1. The van der Waals surface area contributed by atoms with E-state index in [4.69, 9.17) is 0 Å². The fourth-order valence-electron chi connectivity index (χ4n) is 2.89. The summed E-state index contributed by atoms with van der Waals surface area (Å²) in [6, 6.07) is 4.73. The highest BCUT2D eigenvalue weighted by atomic mass is 32.2. The minimum atomic E-state index is -4.45. The molecule has 1 amide bonds. The molecule has 1 unspecified atom stereocenters. The first-order valence-corrected chi connectivity index (χ1v) is 8.50. The van der Waals surface area contributed by atoms with Crippen molar-refractivity contribution in [2.45, 2.75) is 38.1 Å². The SMILES string of the molecule is CC1=NN(c2cccc(C(F)(F)F)c2)C(=O)C12CC(C)=C(C)CS2. The first-order chi connectivity index (χ1) is 11.1. The number of rotatable bonds is 1. The number of anilines is 1. The fraction of sp³-hybridized carbons (Fsp3) is 0.412. The smallest absolute Gasteiger partial charge is 0.270 e. The second-order valence-corrected chi connectivity index (χ2v) is 7.48. The Balaban J connectivity index is 1.98. The van der Waals surface area contributed by atoms with E-state index in [2.05, 4.69) is 5.10 Å². The minimum absolute atomic E-state index is 0.149. The number of carbonyl (C=O) groups is 1. The van der Waals surface area contributed by atoms with Crippen molar-refractivity contribution in [3.8, 4) is 0 Å². The molecule has 0 aliphatic carbocycles. The number of amides is 1. The molecule has 128 valence electrons. The summed E-state index contributed by atoms with van der Waals surface area (Å²) in [7, 11) is 0. The number of nitrogens with zero attached hydrogens (tertiary/aromatic N) is 2. The highest BCUT2D eigenvalue weighted by molar-refractivity contribution is 8.02. The highest BCUT2D eigenvalue weighted by Gasteiger charge is 2.51.